The standard InChI is InChI=1S/C28H22Cl2FN3O2.C27H25Cl2FN4O2.C25H23Cl2FN4O2/c1-17(19-5-3-2-4-6-19)32-28(35)26-23-16-36-15-20(13-18-7-10-22(31)11-8-18)27(23)34(33-26)25-12-9-21(29)14-24(25)30;28-20-6-9-24(23(29)11-20)34-26-19(10-16-4-7-21(30)8-5-16)14-36-15-22(26)25(31-34)27(35)32-33-12-17-2-1-3-18(17)13-33;26-18-6-9-22(21(27)13-18)32-24-17(12-16-4-7-19(28)8-5-16)14-34-15-20(24)23(29-32)25(33)30-31-10-2-1-3-11-31/h2-14,17H,15-16H2,1H3,(H,32,35);4-11,17-18H,1-3,12-15H2,(H,32,35);4-9,12-13H,1-3,10-11,14-15H2,(H,30,33)/b20-13+;19-10+;17-12+/t17-;;/m1../s1. The number of hydrogen-bond acceptors (Lipinski definition) is 11. The second kappa shape index (κ2) is 33.1. The fourth-order valence-electron chi connectivity index (χ4n) is 14.2. The van der Waals surface area contributed by atoms with Crippen molar-refractivity contribution in [1.29, 1.82) is 0 Å². The van der Waals surface area contributed by atoms with E-state index in [0.717, 1.165) is 95.8 Å². The van der Waals surface area contributed by atoms with E-state index in [9.17, 15) is 27.6 Å². The third-order valence-electron chi connectivity index (χ3n) is 19.3. The van der Waals surface area contributed by atoms with Crippen LogP contribution in [0.15, 0.2) is 158 Å². The van der Waals surface area contributed by atoms with E-state index in [4.69, 9.17) is 99.1 Å². The molecular weight excluding hydrogens is 1480 g/mol. The minimum Gasteiger partial charge on any atom is -0.372 e. The summed E-state index contributed by atoms with van der Waals surface area (Å²) in [6, 6.07) is 43.5. The van der Waals surface area contributed by atoms with E-state index in [0.29, 0.717) is 107 Å². The Kier molecular flexibility index (Phi) is 23.1. The van der Waals surface area contributed by atoms with Gasteiger partial charge in [-0.2, -0.15) is 15.3 Å². The molecule has 10 aromatic rings. The maximum absolute atomic E-state index is 13.5. The molecule has 2 unspecified atom stereocenters. The smallest absolute Gasteiger partial charge is 0.286 e. The molecule has 7 aromatic carbocycles. The lowest BCUT2D eigenvalue weighted by molar-refractivity contribution is 0.0737. The van der Waals surface area contributed by atoms with Crippen LogP contribution in [0.4, 0.5) is 13.2 Å². The van der Waals surface area contributed by atoms with Crippen LogP contribution in [0.2, 0.25) is 30.1 Å². The van der Waals surface area contributed by atoms with Crippen LogP contribution in [0.25, 0.3) is 52.0 Å². The van der Waals surface area contributed by atoms with Gasteiger partial charge in [0.25, 0.3) is 17.7 Å². The van der Waals surface area contributed by atoms with E-state index in [2.05, 4.69) is 16.2 Å². The molecule has 17 nitrogen and oxygen atoms in total. The van der Waals surface area contributed by atoms with Gasteiger partial charge in [-0.25, -0.2) is 37.2 Å². The number of rotatable bonds is 13. The van der Waals surface area contributed by atoms with Crippen LogP contribution in [0.1, 0.15) is 139 Å². The third-order valence-corrected chi connectivity index (χ3v) is 20.9. The molecule has 1 saturated carbocycles. The number of aromatic nitrogens is 6. The van der Waals surface area contributed by atoms with Crippen molar-refractivity contribution >= 4 is 122 Å². The predicted octanol–water partition coefficient (Wildman–Crippen LogP) is 18.2. The van der Waals surface area contributed by atoms with Crippen molar-refractivity contribution in [2.45, 2.75) is 71.3 Å². The zero-order chi connectivity index (χ0) is 73.7. The molecule has 0 bridgehead atoms. The Morgan fingerprint density at radius 3 is 1.17 bits per heavy atom. The lowest BCUT2D eigenvalue weighted by Gasteiger charge is -2.26. The molecule has 5 aliphatic heterocycles. The molecule has 544 valence electrons. The first-order valence-corrected chi connectivity index (χ1v) is 37.0. The van der Waals surface area contributed by atoms with Crippen LogP contribution in [0.3, 0.4) is 0 Å². The molecule has 16 rings (SSSR count). The number of nitrogens with one attached hydrogen (secondary N) is 3. The molecule has 1 aliphatic carbocycles. The summed E-state index contributed by atoms with van der Waals surface area (Å²) in [5.41, 5.74) is 18.7. The van der Waals surface area contributed by atoms with Gasteiger partial charge in [-0.05, 0) is 176 Å². The highest BCUT2D eigenvalue weighted by atomic mass is 35.5. The molecule has 3 atom stereocenters. The summed E-state index contributed by atoms with van der Waals surface area (Å²) in [4.78, 5) is 40.2. The van der Waals surface area contributed by atoms with Gasteiger partial charge in [0.1, 0.15) is 17.5 Å². The largest absolute Gasteiger partial charge is 0.372 e. The van der Waals surface area contributed by atoms with Gasteiger partial charge in [0.05, 0.1) is 94.9 Å². The fourth-order valence-corrected chi connectivity index (χ4v) is 15.7. The van der Waals surface area contributed by atoms with E-state index in [1.807, 2.05) is 65.5 Å². The normalized spacial score (nSPS) is 18.4. The van der Waals surface area contributed by atoms with E-state index >= 15 is 0 Å². The number of benzene rings is 7. The third kappa shape index (κ3) is 16.8. The average molecular weight is 1550 g/mol. The van der Waals surface area contributed by atoms with Crippen molar-refractivity contribution in [3.63, 3.8) is 0 Å². The Bertz CT molecular complexity index is 5030. The van der Waals surface area contributed by atoms with Gasteiger partial charge in [-0.15, -0.1) is 0 Å². The first kappa shape index (κ1) is 74.0. The number of halogens is 9. The van der Waals surface area contributed by atoms with E-state index in [-0.39, 0.29) is 72.4 Å². The number of nitrogens with zero attached hydrogens (tertiary/aromatic N) is 8. The molecule has 0 spiro atoms. The molecular formula is C80H70Cl6F3N11O6. The lowest BCUT2D eigenvalue weighted by Crippen LogP contribution is -2.45. The monoisotopic (exact) mass is 1550 g/mol. The van der Waals surface area contributed by atoms with Gasteiger partial charge in [0.15, 0.2) is 17.1 Å². The molecule has 3 fully saturated rings. The highest BCUT2D eigenvalue weighted by molar-refractivity contribution is 6.37. The Morgan fingerprint density at radius 1 is 0.443 bits per heavy atom. The molecule has 0 radical (unpaired) electrons. The van der Waals surface area contributed by atoms with E-state index < -0.39 is 0 Å². The van der Waals surface area contributed by atoms with Crippen LogP contribution >= 0.6 is 69.6 Å². The summed E-state index contributed by atoms with van der Waals surface area (Å²) < 4.78 is 62.9. The second-order valence-corrected chi connectivity index (χ2v) is 29.1. The summed E-state index contributed by atoms with van der Waals surface area (Å²) in [5, 5.41) is 23.9. The van der Waals surface area contributed by atoms with Crippen LogP contribution < -0.4 is 16.2 Å². The minimum absolute atomic E-state index is 0.212. The molecule has 3 aromatic heterocycles. The quantitative estimate of drug-likeness (QED) is 0.100. The summed E-state index contributed by atoms with van der Waals surface area (Å²) in [5.74, 6) is -0.495. The molecule has 26 heteroatoms. The van der Waals surface area contributed by atoms with Crippen LogP contribution in [-0.2, 0) is 34.0 Å². The molecule has 2 saturated heterocycles. The maximum atomic E-state index is 13.5. The number of piperidine rings is 1. The van der Waals surface area contributed by atoms with Crippen LogP contribution in [0, 0.1) is 29.3 Å². The fraction of sp³-hybridized carbons (Fsp3) is 0.250. The number of ether oxygens (including phenoxy) is 3. The van der Waals surface area contributed by atoms with Gasteiger partial charge in [-0.1, -0.05) is 149 Å². The predicted molar refractivity (Wildman–Crippen MR) is 408 cm³/mol. The number of carbonyl (C=O) groups is 3. The van der Waals surface area contributed by atoms with E-state index in [1.54, 1.807) is 105 Å². The SMILES string of the molecule is C[C@@H](NC(=O)c1nn(-c2ccc(Cl)cc2Cl)c2c1COC/C2=C\c1ccc(F)cc1)c1ccccc1.O=C(NN1CC2CCCC2C1)c1nn(-c2ccc(Cl)cc2Cl)c2c1COC/C2=C\c1ccc(F)cc1.O=C(NN1CCCCC1)c1nn(-c2ccc(Cl)cc2Cl)c2c1COC/C2=C\c1ccc(F)cc1. The van der Waals surface area contributed by atoms with Crippen molar-refractivity contribution in [2.24, 2.45) is 11.8 Å². The van der Waals surface area contributed by atoms with Gasteiger partial charge in [0, 0.05) is 74.7 Å². The number of hydrogen-bond donors (Lipinski definition) is 3. The minimum atomic E-state index is -0.321. The van der Waals surface area contributed by atoms with Crippen molar-refractivity contribution < 1.29 is 41.8 Å². The Morgan fingerprint density at radius 2 is 0.802 bits per heavy atom. The molecule has 8 heterocycles. The van der Waals surface area contributed by atoms with Crippen LogP contribution in [0.5, 0.6) is 0 Å². The van der Waals surface area contributed by atoms with Crippen LogP contribution in [-0.4, -0.2) is 103 Å². The number of carbonyl (C=O) groups excluding carboxylic acids is 3. The summed E-state index contributed by atoms with van der Waals surface area (Å²) >= 11 is 38.0. The zero-order valence-corrected chi connectivity index (χ0v) is 61.8. The second-order valence-electron chi connectivity index (χ2n) is 26.6. The van der Waals surface area contributed by atoms with Gasteiger partial charge < -0.3 is 19.5 Å². The number of amides is 3. The highest BCUT2D eigenvalue weighted by Gasteiger charge is 2.39. The van der Waals surface area contributed by atoms with Crippen molar-refractivity contribution in [2.75, 3.05) is 46.0 Å². The number of fused-ring (bicyclic) bond motifs is 4. The molecule has 3 N–H and O–H groups in total. The topological polar surface area (TPSA) is 175 Å². The first-order chi connectivity index (χ1) is 51.4. The Hall–Kier alpha value is -8.87. The maximum Gasteiger partial charge on any atom is 0.286 e. The average Bonchev–Trinajstić information content (AvgIpc) is 1.61. The van der Waals surface area contributed by atoms with Crippen molar-refractivity contribution in [3.05, 3.63) is 278 Å². The van der Waals surface area contributed by atoms with Gasteiger partial charge in [0.2, 0.25) is 0 Å². The lowest BCUT2D eigenvalue weighted by atomic mass is 10.0. The van der Waals surface area contributed by atoms with E-state index in [1.165, 1.54) is 55.7 Å². The summed E-state index contributed by atoms with van der Waals surface area (Å²) in [6.45, 7) is 6.90. The molecule has 106 heavy (non-hydrogen) atoms. The molecule has 6 aliphatic rings. The van der Waals surface area contributed by atoms with Crippen molar-refractivity contribution in [1.82, 2.24) is 55.5 Å². The first-order valence-electron chi connectivity index (χ1n) is 34.7. The van der Waals surface area contributed by atoms with Gasteiger partial charge in [-0.3, -0.25) is 25.2 Å². The zero-order valence-electron chi connectivity index (χ0n) is 57.2. The summed E-state index contributed by atoms with van der Waals surface area (Å²) in [6.07, 6.45) is 12.7. The number of hydrazine groups is 2. The Balaban J connectivity index is 0.000000134. The van der Waals surface area contributed by atoms with Gasteiger partial charge >= 0.3 is 0 Å². The van der Waals surface area contributed by atoms with Crippen molar-refractivity contribution in [3.8, 4) is 17.1 Å². The molecule has 3 amide bonds. The Labute approximate surface area is 640 Å². The summed E-state index contributed by atoms with van der Waals surface area (Å²) in [7, 11) is 0. The highest BCUT2D eigenvalue weighted by Crippen LogP contribution is 2.41.